The summed E-state index contributed by atoms with van der Waals surface area (Å²) in [6, 6.07) is 14.4. The maximum atomic E-state index is 12.6. The number of nitrogens with zero attached hydrogens (tertiary/aromatic N) is 2. The van der Waals surface area contributed by atoms with Crippen molar-refractivity contribution >= 4 is 11.5 Å². The number of carbonyl (C=O) groups is 1. The SMILES string of the molecule is O=C(CC(c1cccc([N+](=O)[O-])c1)c1ccc[nH]1)c1cccc[n+]1[O-]. The third-order valence-electron chi connectivity index (χ3n) is 3.98. The van der Waals surface area contributed by atoms with Crippen LogP contribution in [-0.4, -0.2) is 15.7 Å². The van der Waals surface area contributed by atoms with Gasteiger partial charge in [-0.1, -0.05) is 12.1 Å². The molecule has 1 unspecified atom stereocenters. The number of pyridine rings is 1. The van der Waals surface area contributed by atoms with Crippen molar-refractivity contribution in [1.82, 2.24) is 4.98 Å². The first kappa shape index (κ1) is 16.4. The summed E-state index contributed by atoms with van der Waals surface area (Å²) >= 11 is 0. The van der Waals surface area contributed by atoms with Crippen molar-refractivity contribution < 1.29 is 14.4 Å². The maximum absolute atomic E-state index is 12.6. The van der Waals surface area contributed by atoms with Crippen molar-refractivity contribution in [1.29, 1.82) is 0 Å². The number of ketones is 1. The smallest absolute Gasteiger partial charge is 0.269 e. The highest BCUT2D eigenvalue weighted by Gasteiger charge is 2.25. The molecule has 0 aliphatic rings. The molecule has 7 nitrogen and oxygen atoms in total. The number of Topliss-reactive ketones (excluding diaryl/α,β-unsaturated/α-hetero) is 1. The van der Waals surface area contributed by atoms with E-state index in [2.05, 4.69) is 4.98 Å². The lowest BCUT2D eigenvalue weighted by molar-refractivity contribution is -0.607. The topological polar surface area (TPSA) is 103 Å². The fourth-order valence-electron chi connectivity index (χ4n) is 2.76. The lowest BCUT2D eigenvalue weighted by Gasteiger charge is -2.15. The molecule has 1 aromatic carbocycles. The summed E-state index contributed by atoms with van der Waals surface area (Å²) in [6.07, 6.45) is 3.01. The number of hydrogen-bond acceptors (Lipinski definition) is 4. The minimum absolute atomic E-state index is 0.0218. The van der Waals surface area contributed by atoms with Crippen LogP contribution in [0.15, 0.2) is 67.0 Å². The van der Waals surface area contributed by atoms with Gasteiger partial charge in [0.05, 0.1) is 4.92 Å². The van der Waals surface area contributed by atoms with Crippen molar-refractivity contribution in [2.45, 2.75) is 12.3 Å². The van der Waals surface area contributed by atoms with Crippen LogP contribution < -0.4 is 4.73 Å². The van der Waals surface area contributed by atoms with E-state index >= 15 is 0 Å². The molecule has 0 aliphatic carbocycles. The van der Waals surface area contributed by atoms with Gasteiger partial charge in [-0.3, -0.25) is 14.9 Å². The number of aromatic nitrogens is 2. The molecule has 1 N–H and O–H groups in total. The standard InChI is InChI=1S/C18H15N3O4/c22-18(17-8-1-2-10-20(17)23)12-15(16-7-4-9-19-16)13-5-3-6-14(11-13)21(24)25/h1-11,15,19H,12H2. The first-order chi connectivity index (χ1) is 12.1. The Morgan fingerprint density at radius 3 is 2.68 bits per heavy atom. The lowest BCUT2D eigenvalue weighted by atomic mass is 9.89. The molecule has 25 heavy (non-hydrogen) atoms. The number of aromatic amines is 1. The van der Waals surface area contributed by atoms with Crippen molar-refractivity contribution in [3.63, 3.8) is 0 Å². The molecular weight excluding hydrogens is 322 g/mol. The normalized spacial score (nSPS) is 11.8. The Hall–Kier alpha value is -3.48. The molecule has 3 rings (SSSR count). The van der Waals surface area contributed by atoms with Crippen LogP contribution in [0.5, 0.6) is 0 Å². The van der Waals surface area contributed by atoms with E-state index in [0.717, 1.165) is 5.69 Å². The molecule has 0 saturated heterocycles. The number of benzene rings is 1. The molecular formula is C18H15N3O4. The highest BCUT2D eigenvalue weighted by atomic mass is 16.6. The Labute approximate surface area is 143 Å². The summed E-state index contributed by atoms with van der Waals surface area (Å²) in [5.41, 5.74) is 1.39. The van der Waals surface area contributed by atoms with Crippen LogP contribution in [0.2, 0.25) is 0 Å². The molecule has 0 aliphatic heterocycles. The molecule has 0 bridgehead atoms. The second-order valence-electron chi connectivity index (χ2n) is 5.57. The van der Waals surface area contributed by atoms with E-state index in [1.54, 1.807) is 36.5 Å². The Bertz CT molecular complexity index is 906. The van der Waals surface area contributed by atoms with Crippen LogP contribution in [-0.2, 0) is 0 Å². The highest BCUT2D eigenvalue weighted by Crippen LogP contribution is 2.30. The first-order valence-corrected chi connectivity index (χ1v) is 7.65. The fourth-order valence-corrected chi connectivity index (χ4v) is 2.76. The summed E-state index contributed by atoms with van der Waals surface area (Å²) in [7, 11) is 0. The van der Waals surface area contributed by atoms with Crippen molar-refractivity contribution in [2.24, 2.45) is 0 Å². The minimum Gasteiger partial charge on any atom is -0.618 e. The zero-order valence-corrected chi connectivity index (χ0v) is 13.2. The van der Waals surface area contributed by atoms with Crippen LogP contribution in [0, 0.1) is 15.3 Å². The van der Waals surface area contributed by atoms with Crippen LogP contribution in [0.25, 0.3) is 0 Å². The van der Waals surface area contributed by atoms with Gasteiger partial charge in [-0.05, 0) is 23.8 Å². The number of rotatable bonds is 6. The second-order valence-corrected chi connectivity index (χ2v) is 5.57. The highest BCUT2D eigenvalue weighted by molar-refractivity contribution is 5.93. The molecule has 0 radical (unpaired) electrons. The Balaban J connectivity index is 1.97. The molecule has 7 heteroatoms. The minimum atomic E-state index is -0.472. The molecule has 0 saturated carbocycles. The quantitative estimate of drug-likeness (QED) is 0.245. The Morgan fingerprint density at radius 2 is 2.00 bits per heavy atom. The molecule has 3 aromatic rings. The van der Waals surface area contributed by atoms with Crippen LogP contribution in [0.3, 0.4) is 0 Å². The number of nitrogens with one attached hydrogen (secondary N) is 1. The number of non-ortho nitro benzene ring substituents is 1. The van der Waals surface area contributed by atoms with Crippen LogP contribution in [0.1, 0.15) is 34.1 Å². The third kappa shape index (κ3) is 3.55. The van der Waals surface area contributed by atoms with Gasteiger partial charge in [-0.15, -0.1) is 0 Å². The molecule has 1 atom stereocenters. The van der Waals surface area contributed by atoms with E-state index in [1.807, 2.05) is 6.07 Å². The van der Waals surface area contributed by atoms with Gasteiger partial charge in [0.15, 0.2) is 6.20 Å². The zero-order chi connectivity index (χ0) is 17.8. The van der Waals surface area contributed by atoms with Gasteiger partial charge in [-0.2, -0.15) is 4.73 Å². The van der Waals surface area contributed by atoms with Crippen LogP contribution in [0.4, 0.5) is 5.69 Å². The van der Waals surface area contributed by atoms with Crippen molar-refractivity contribution in [3.8, 4) is 0 Å². The zero-order valence-electron chi connectivity index (χ0n) is 13.2. The summed E-state index contributed by atoms with van der Waals surface area (Å²) in [6.45, 7) is 0. The lowest BCUT2D eigenvalue weighted by Crippen LogP contribution is -2.34. The molecule has 2 aromatic heterocycles. The summed E-state index contributed by atoms with van der Waals surface area (Å²) < 4.78 is 0.529. The van der Waals surface area contributed by atoms with Gasteiger partial charge >= 0.3 is 0 Å². The van der Waals surface area contributed by atoms with E-state index in [0.29, 0.717) is 10.3 Å². The van der Waals surface area contributed by atoms with Crippen molar-refractivity contribution in [2.75, 3.05) is 0 Å². The summed E-state index contributed by atoms with van der Waals surface area (Å²) in [5.74, 6) is -0.746. The number of nitro benzene ring substituents is 1. The first-order valence-electron chi connectivity index (χ1n) is 7.65. The van der Waals surface area contributed by atoms with Gasteiger partial charge < -0.3 is 10.2 Å². The van der Waals surface area contributed by atoms with Gasteiger partial charge in [0, 0.05) is 48.5 Å². The number of H-pyrrole nitrogens is 1. The Kier molecular flexibility index (Phi) is 4.56. The second kappa shape index (κ2) is 6.96. The largest absolute Gasteiger partial charge is 0.618 e. The van der Waals surface area contributed by atoms with E-state index in [1.165, 1.54) is 24.4 Å². The van der Waals surface area contributed by atoms with Gasteiger partial charge in [0.1, 0.15) is 0 Å². The van der Waals surface area contributed by atoms with Crippen molar-refractivity contribution in [3.05, 3.63) is 99.3 Å². The fraction of sp³-hybridized carbons (Fsp3) is 0.111. The summed E-state index contributed by atoms with van der Waals surface area (Å²) in [4.78, 5) is 26.2. The average Bonchev–Trinajstić information content (AvgIpc) is 3.14. The third-order valence-corrected chi connectivity index (χ3v) is 3.98. The van der Waals surface area contributed by atoms with Gasteiger partial charge in [0.2, 0.25) is 5.78 Å². The van der Waals surface area contributed by atoms with Gasteiger partial charge in [-0.25, -0.2) is 0 Å². The number of nitro groups is 1. The number of hydrogen-bond donors (Lipinski definition) is 1. The molecule has 0 spiro atoms. The number of carbonyl (C=O) groups excluding carboxylic acids is 1. The van der Waals surface area contributed by atoms with E-state index in [9.17, 15) is 20.1 Å². The molecule has 0 fully saturated rings. The average molecular weight is 337 g/mol. The predicted molar refractivity (Wildman–Crippen MR) is 90.1 cm³/mol. The molecule has 0 amide bonds. The van der Waals surface area contributed by atoms with E-state index in [4.69, 9.17) is 0 Å². The maximum Gasteiger partial charge on any atom is 0.269 e. The van der Waals surface area contributed by atoms with E-state index in [-0.39, 0.29) is 23.6 Å². The predicted octanol–water partition coefficient (Wildman–Crippen LogP) is 2.96. The molecule has 2 heterocycles. The van der Waals surface area contributed by atoms with Crippen LogP contribution >= 0.6 is 0 Å². The Morgan fingerprint density at radius 1 is 1.16 bits per heavy atom. The summed E-state index contributed by atoms with van der Waals surface area (Å²) in [5, 5.41) is 22.8. The monoisotopic (exact) mass is 337 g/mol. The molecule has 126 valence electrons. The van der Waals surface area contributed by atoms with E-state index < -0.39 is 10.8 Å². The van der Waals surface area contributed by atoms with Gasteiger partial charge in [0.25, 0.3) is 11.4 Å².